The average molecular weight is 239 g/mol. The van der Waals surface area contributed by atoms with Gasteiger partial charge in [0, 0.05) is 11.4 Å². The summed E-state index contributed by atoms with van der Waals surface area (Å²) < 4.78 is 4.62. The molecule has 1 aromatic rings. The summed E-state index contributed by atoms with van der Waals surface area (Å²) in [6.07, 6.45) is 2.33. The van der Waals surface area contributed by atoms with E-state index in [0.29, 0.717) is 6.54 Å². The number of hydrogen-bond acceptors (Lipinski definition) is 4. The highest BCUT2D eigenvalue weighted by molar-refractivity contribution is 7.09. The number of amides is 2. The fraction of sp³-hybridized carbons (Fsp3) is 0.455. The van der Waals surface area contributed by atoms with Gasteiger partial charge >= 0.3 is 6.09 Å². The third kappa shape index (κ3) is 2.61. The van der Waals surface area contributed by atoms with Crippen molar-refractivity contribution < 1.29 is 14.3 Å². The number of nitrogens with zero attached hydrogens (tertiary/aromatic N) is 1. The first-order valence-electron chi connectivity index (χ1n) is 5.27. The van der Waals surface area contributed by atoms with Crippen LogP contribution in [-0.2, 0) is 16.0 Å². The van der Waals surface area contributed by atoms with Crippen LogP contribution in [0.25, 0.3) is 0 Å². The third-order valence-electron chi connectivity index (χ3n) is 2.48. The molecule has 0 aliphatic carbocycles. The van der Waals surface area contributed by atoms with Crippen LogP contribution in [0.4, 0.5) is 4.79 Å². The van der Waals surface area contributed by atoms with Crippen molar-refractivity contribution in [1.29, 1.82) is 0 Å². The lowest BCUT2D eigenvalue weighted by atomic mass is 10.2. The molecule has 0 N–H and O–H groups in total. The highest BCUT2D eigenvalue weighted by Gasteiger charge is 2.29. The molecule has 0 spiro atoms. The predicted molar refractivity (Wildman–Crippen MR) is 60.3 cm³/mol. The maximum Gasteiger partial charge on any atom is 0.417 e. The zero-order chi connectivity index (χ0) is 11.4. The van der Waals surface area contributed by atoms with Gasteiger partial charge in [-0.25, -0.2) is 9.69 Å². The Kier molecular flexibility index (Phi) is 3.56. The molecule has 0 bridgehead atoms. The van der Waals surface area contributed by atoms with E-state index in [-0.39, 0.29) is 12.5 Å². The van der Waals surface area contributed by atoms with Crippen LogP contribution in [0.2, 0.25) is 0 Å². The normalized spacial score (nSPS) is 15.6. The number of carbonyl (C=O) groups is 2. The molecule has 5 heteroatoms. The van der Waals surface area contributed by atoms with Gasteiger partial charge in [0.15, 0.2) is 6.61 Å². The van der Waals surface area contributed by atoms with Crippen molar-refractivity contribution in [1.82, 2.24) is 4.90 Å². The van der Waals surface area contributed by atoms with Crippen molar-refractivity contribution in [3.05, 3.63) is 22.4 Å². The molecule has 0 aromatic carbocycles. The van der Waals surface area contributed by atoms with Gasteiger partial charge in [-0.1, -0.05) is 6.07 Å². The molecule has 2 heterocycles. The standard InChI is InChI=1S/C11H13NO3S/c13-10-8-15-11(14)12(10)6-2-1-4-9-5-3-7-16-9/h3,5,7H,1-2,4,6,8H2. The first kappa shape index (κ1) is 11.1. The van der Waals surface area contributed by atoms with Crippen LogP contribution in [0.1, 0.15) is 17.7 Å². The molecular formula is C11H13NO3S. The summed E-state index contributed by atoms with van der Waals surface area (Å²) in [6.45, 7) is 0.382. The maximum atomic E-state index is 11.2. The highest BCUT2D eigenvalue weighted by Crippen LogP contribution is 2.13. The van der Waals surface area contributed by atoms with E-state index in [1.165, 1.54) is 9.78 Å². The van der Waals surface area contributed by atoms with Gasteiger partial charge in [0.25, 0.3) is 5.91 Å². The minimum atomic E-state index is -0.499. The molecule has 1 aromatic heterocycles. The zero-order valence-corrected chi connectivity index (χ0v) is 9.66. The molecule has 1 aliphatic heterocycles. The number of carbonyl (C=O) groups excluding carboxylic acids is 2. The second-order valence-corrected chi connectivity index (χ2v) is 4.67. The van der Waals surface area contributed by atoms with Crippen LogP contribution in [-0.4, -0.2) is 30.1 Å². The number of cyclic esters (lactones) is 1. The molecule has 0 unspecified atom stereocenters. The number of rotatable bonds is 5. The summed E-state index contributed by atoms with van der Waals surface area (Å²) in [6, 6.07) is 4.13. The summed E-state index contributed by atoms with van der Waals surface area (Å²) in [5, 5.41) is 2.05. The number of aryl methyl sites for hydroxylation is 1. The van der Waals surface area contributed by atoms with E-state index >= 15 is 0 Å². The Morgan fingerprint density at radius 2 is 2.25 bits per heavy atom. The Morgan fingerprint density at radius 3 is 2.88 bits per heavy atom. The summed E-state index contributed by atoms with van der Waals surface area (Å²) in [5.74, 6) is -0.221. The fourth-order valence-electron chi connectivity index (χ4n) is 1.62. The van der Waals surface area contributed by atoms with Gasteiger partial charge in [-0.2, -0.15) is 0 Å². The maximum absolute atomic E-state index is 11.2. The Labute approximate surface area is 97.8 Å². The van der Waals surface area contributed by atoms with Crippen LogP contribution >= 0.6 is 11.3 Å². The van der Waals surface area contributed by atoms with Crippen LogP contribution in [0.15, 0.2) is 17.5 Å². The number of thiophene rings is 1. The summed E-state index contributed by atoms with van der Waals surface area (Å²) in [7, 11) is 0. The number of ether oxygens (including phenoxy) is 1. The van der Waals surface area contributed by atoms with Crippen molar-refractivity contribution >= 4 is 23.3 Å². The second kappa shape index (κ2) is 5.12. The van der Waals surface area contributed by atoms with E-state index < -0.39 is 6.09 Å². The second-order valence-electron chi connectivity index (χ2n) is 3.64. The van der Waals surface area contributed by atoms with Gasteiger partial charge in [-0.15, -0.1) is 11.3 Å². The molecule has 1 saturated heterocycles. The van der Waals surface area contributed by atoms with Gasteiger partial charge < -0.3 is 4.74 Å². The van der Waals surface area contributed by atoms with Crippen molar-refractivity contribution in [3.8, 4) is 0 Å². The van der Waals surface area contributed by atoms with Gasteiger partial charge in [0.05, 0.1) is 0 Å². The lowest BCUT2D eigenvalue weighted by Crippen LogP contribution is -2.30. The van der Waals surface area contributed by atoms with E-state index in [4.69, 9.17) is 0 Å². The molecule has 86 valence electrons. The number of hydrogen-bond donors (Lipinski definition) is 0. The van der Waals surface area contributed by atoms with Gasteiger partial charge in [-0.05, 0) is 30.7 Å². The van der Waals surface area contributed by atoms with Crippen molar-refractivity contribution in [2.24, 2.45) is 0 Å². The van der Waals surface area contributed by atoms with E-state index in [0.717, 1.165) is 19.3 Å². The Morgan fingerprint density at radius 1 is 1.38 bits per heavy atom. The van der Waals surface area contributed by atoms with Gasteiger partial charge in [-0.3, -0.25) is 4.79 Å². The predicted octanol–water partition coefficient (Wildman–Crippen LogP) is 2.05. The Hall–Kier alpha value is -1.36. The van der Waals surface area contributed by atoms with E-state index in [1.807, 2.05) is 6.07 Å². The average Bonchev–Trinajstić information content (AvgIpc) is 2.87. The molecular weight excluding hydrogens is 226 g/mol. The number of imide groups is 1. The molecule has 1 fully saturated rings. The first-order chi connectivity index (χ1) is 7.77. The summed E-state index contributed by atoms with van der Waals surface area (Å²) >= 11 is 1.73. The SMILES string of the molecule is O=C1COC(=O)N1CCCCc1cccs1. The molecule has 2 amide bonds. The molecule has 16 heavy (non-hydrogen) atoms. The van der Waals surface area contributed by atoms with Crippen molar-refractivity contribution in [2.75, 3.05) is 13.2 Å². The van der Waals surface area contributed by atoms with Crippen LogP contribution in [0.3, 0.4) is 0 Å². The summed E-state index contributed by atoms with van der Waals surface area (Å²) in [4.78, 5) is 24.8. The van der Waals surface area contributed by atoms with Crippen LogP contribution < -0.4 is 0 Å². The molecule has 2 rings (SSSR count). The van der Waals surface area contributed by atoms with Gasteiger partial charge in [0.2, 0.25) is 0 Å². The lowest BCUT2D eigenvalue weighted by Gasteiger charge is -2.09. The quantitative estimate of drug-likeness (QED) is 0.739. The van der Waals surface area contributed by atoms with E-state index in [2.05, 4.69) is 16.2 Å². The molecule has 0 radical (unpaired) electrons. The van der Waals surface area contributed by atoms with E-state index in [1.54, 1.807) is 11.3 Å². The summed E-state index contributed by atoms with van der Waals surface area (Å²) in [5.41, 5.74) is 0. The smallest absolute Gasteiger partial charge is 0.417 e. The van der Waals surface area contributed by atoms with E-state index in [9.17, 15) is 9.59 Å². The highest BCUT2D eigenvalue weighted by atomic mass is 32.1. The van der Waals surface area contributed by atoms with Crippen molar-refractivity contribution in [3.63, 3.8) is 0 Å². The third-order valence-corrected chi connectivity index (χ3v) is 3.41. The van der Waals surface area contributed by atoms with Crippen molar-refractivity contribution in [2.45, 2.75) is 19.3 Å². The minimum Gasteiger partial charge on any atom is -0.439 e. The van der Waals surface area contributed by atoms with Crippen LogP contribution in [0, 0.1) is 0 Å². The Balaban J connectivity index is 1.68. The monoisotopic (exact) mass is 239 g/mol. The molecule has 0 atom stereocenters. The molecule has 0 saturated carbocycles. The zero-order valence-electron chi connectivity index (χ0n) is 8.85. The van der Waals surface area contributed by atoms with Crippen LogP contribution in [0.5, 0.6) is 0 Å². The minimum absolute atomic E-state index is 0.0935. The number of unbranched alkanes of at least 4 members (excludes halogenated alkanes) is 1. The van der Waals surface area contributed by atoms with Gasteiger partial charge in [0.1, 0.15) is 0 Å². The Bertz CT molecular complexity index is 359. The largest absolute Gasteiger partial charge is 0.439 e. The molecule has 4 nitrogen and oxygen atoms in total. The molecule has 1 aliphatic rings. The lowest BCUT2D eigenvalue weighted by molar-refractivity contribution is -0.125. The fourth-order valence-corrected chi connectivity index (χ4v) is 2.37. The topological polar surface area (TPSA) is 46.6 Å². The first-order valence-corrected chi connectivity index (χ1v) is 6.15.